The Labute approximate surface area is 156 Å². The van der Waals surface area contributed by atoms with Crippen molar-refractivity contribution in [3.05, 3.63) is 108 Å². The summed E-state index contributed by atoms with van der Waals surface area (Å²) in [6.07, 6.45) is 1.50. The summed E-state index contributed by atoms with van der Waals surface area (Å²) in [5.41, 5.74) is 1.67. The minimum atomic E-state index is -0.477. The molecule has 0 unspecified atom stereocenters. The van der Waals surface area contributed by atoms with Gasteiger partial charge in [0.1, 0.15) is 11.5 Å². The molecule has 0 heterocycles. The maximum atomic E-state index is 13.1. The molecule has 0 aliphatic heterocycles. The fraction of sp³-hybridized carbons (Fsp3) is 0. The molecular weight excluding hydrogens is 343 g/mol. The average Bonchev–Trinajstić information content (AvgIpc) is 2.70. The number of para-hydroxylation sites is 1. The van der Waals surface area contributed by atoms with Crippen molar-refractivity contribution in [2.75, 3.05) is 5.32 Å². The second kappa shape index (κ2) is 8.58. The number of nitrogens with one attached hydrogen (secondary N) is 2. The van der Waals surface area contributed by atoms with Crippen molar-refractivity contribution in [1.82, 2.24) is 5.32 Å². The number of anilines is 1. The number of amides is 2. The van der Waals surface area contributed by atoms with E-state index in [-0.39, 0.29) is 11.5 Å². The van der Waals surface area contributed by atoms with Crippen LogP contribution in [0.25, 0.3) is 6.08 Å². The Morgan fingerprint density at radius 1 is 0.778 bits per heavy atom. The van der Waals surface area contributed by atoms with Crippen LogP contribution in [0.15, 0.2) is 90.6 Å². The van der Waals surface area contributed by atoms with E-state index in [9.17, 15) is 14.0 Å². The highest BCUT2D eigenvalue weighted by atomic mass is 19.1. The maximum absolute atomic E-state index is 13.1. The molecule has 0 saturated heterocycles. The summed E-state index contributed by atoms with van der Waals surface area (Å²) >= 11 is 0. The lowest BCUT2D eigenvalue weighted by molar-refractivity contribution is -0.113. The molecule has 134 valence electrons. The highest BCUT2D eigenvalue weighted by molar-refractivity contribution is 6.10. The Morgan fingerprint density at radius 2 is 1.37 bits per heavy atom. The first-order chi connectivity index (χ1) is 13.1. The molecule has 4 nitrogen and oxygen atoms in total. The average molecular weight is 360 g/mol. The molecule has 0 fully saturated rings. The molecule has 2 N–H and O–H groups in total. The lowest BCUT2D eigenvalue weighted by Crippen LogP contribution is -2.30. The second-order valence-electron chi connectivity index (χ2n) is 5.75. The first-order valence-corrected chi connectivity index (χ1v) is 8.32. The minimum absolute atomic E-state index is 0.0549. The van der Waals surface area contributed by atoms with Crippen LogP contribution in [-0.2, 0) is 4.79 Å². The molecular formula is C22H17FN2O2. The molecule has 2 amide bonds. The van der Waals surface area contributed by atoms with Crippen LogP contribution >= 0.6 is 0 Å². The second-order valence-corrected chi connectivity index (χ2v) is 5.75. The SMILES string of the molecule is O=C(Nc1ccccc1)/C(=C\c1ccc(F)cc1)NC(=O)c1ccccc1. The molecule has 0 aliphatic carbocycles. The predicted octanol–water partition coefficient (Wildman–Crippen LogP) is 4.24. The smallest absolute Gasteiger partial charge is 0.272 e. The third-order valence-corrected chi connectivity index (χ3v) is 3.74. The van der Waals surface area contributed by atoms with Crippen molar-refractivity contribution >= 4 is 23.6 Å². The maximum Gasteiger partial charge on any atom is 0.272 e. The van der Waals surface area contributed by atoms with Crippen molar-refractivity contribution in [2.24, 2.45) is 0 Å². The number of carbonyl (C=O) groups excluding carboxylic acids is 2. The summed E-state index contributed by atoms with van der Waals surface area (Å²) < 4.78 is 13.1. The van der Waals surface area contributed by atoms with E-state index in [1.54, 1.807) is 54.6 Å². The van der Waals surface area contributed by atoms with Crippen LogP contribution in [0.2, 0.25) is 0 Å². The first-order valence-electron chi connectivity index (χ1n) is 8.32. The fourth-order valence-electron chi connectivity index (χ4n) is 2.39. The molecule has 3 aromatic rings. The molecule has 0 saturated carbocycles. The van der Waals surface area contributed by atoms with E-state index in [2.05, 4.69) is 10.6 Å². The molecule has 5 heteroatoms. The van der Waals surface area contributed by atoms with Crippen molar-refractivity contribution in [1.29, 1.82) is 0 Å². The topological polar surface area (TPSA) is 58.2 Å². The quantitative estimate of drug-likeness (QED) is 0.669. The van der Waals surface area contributed by atoms with Gasteiger partial charge in [-0.05, 0) is 48.0 Å². The van der Waals surface area contributed by atoms with E-state index in [1.807, 2.05) is 6.07 Å². The fourth-order valence-corrected chi connectivity index (χ4v) is 2.39. The van der Waals surface area contributed by atoms with Gasteiger partial charge < -0.3 is 10.6 Å². The summed E-state index contributed by atoms with van der Waals surface area (Å²) in [5, 5.41) is 5.37. The third-order valence-electron chi connectivity index (χ3n) is 3.74. The zero-order valence-electron chi connectivity index (χ0n) is 14.4. The van der Waals surface area contributed by atoms with Gasteiger partial charge in [0.25, 0.3) is 11.8 Å². The Balaban J connectivity index is 1.87. The number of halogens is 1. The number of carbonyl (C=O) groups is 2. The van der Waals surface area contributed by atoms with Gasteiger partial charge in [-0.15, -0.1) is 0 Å². The van der Waals surface area contributed by atoms with Crippen molar-refractivity contribution < 1.29 is 14.0 Å². The van der Waals surface area contributed by atoms with E-state index in [4.69, 9.17) is 0 Å². The zero-order valence-corrected chi connectivity index (χ0v) is 14.4. The zero-order chi connectivity index (χ0) is 19.1. The van der Waals surface area contributed by atoms with Crippen LogP contribution < -0.4 is 10.6 Å². The van der Waals surface area contributed by atoms with Gasteiger partial charge in [0.15, 0.2) is 0 Å². The number of rotatable bonds is 5. The highest BCUT2D eigenvalue weighted by Gasteiger charge is 2.15. The number of benzene rings is 3. The van der Waals surface area contributed by atoms with Gasteiger partial charge in [-0.1, -0.05) is 48.5 Å². The van der Waals surface area contributed by atoms with Crippen LogP contribution in [0.4, 0.5) is 10.1 Å². The summed E-state index contributed by atoms with van der Waals surface area (Å²) in [6.45, 7) is 0. The van der Waals surface area contributed by atoms with Gasteiger partial charge in [-0.25, -0.2) is 4.39 Å². The van der Waals surface area contributed by atoms with E-state index in [0.717, 1.165) is 0 Å². The van der Waals surface area contributed by atoms with Gasteiger partial charge in [0.05, 0.1) is 0 Å². The summed E-state index contributed by atoms with van der Waals surface area (Å²) in [5.74, 6) is -1.27. The van der Waals surface area contributed by atoms with Crippen LogP contribution in [-0.4, -0.2) is 11.8 Å². The predicted molar refractivity (Wildman–Crippen MR) is 103 cm³/mol. The molecule has 0 spiro atoms. The van der Waals surface area contributed by atoms with Gasteiger partial charge in [-0.3, -0.25) is 9.59 Å². The molecule has 27 heavy (non-hydrogen) atoms. The third kappa shape index (κ3) is 5.12. The van der Waals surface area contributed by atoms with E-state index in [0.29, 0.717) is 16.8 Å². The summed E-state index contributed by atoms with van der Waals surface area (Å²) in [4.78, 5) is 25.1. The lowest BCUT2D eigenvalue weighted by atomic mass is 10.1. The largest absolute Gasteiger partial charge is 0.321 e. The molecule has 0 atom stereocenters. The molecule has 0 bridgehead atoms. The Kier molecular flexibility index (Phi) is 5.74. The summed E-state index contributed by atoms with van der Waals surface area (Å²) in [6, 6.07) is 23.1. The van der Waals surface area contributed by atoms with Crippen LogP contribution in [0, 0.1) is 5.82 Å². The Morgan fingerprint density at radius 3 is 2.00 bits per heavy atom. The van der Waals surface area contributed by atoms with Crippen LogP contribution in [0.5, 0.6) is 0 Å². The van der Waals surface area contributed by atoms with Gasteiger partial charge in [0.2, 0.25) is 0 Å². The van der Waals surface area contributed by atoms with E-state index < -0.39 is 11.8 Å². The molecule has 3 aromatic carbocycles. The standard InChI is InChI=1S/C22H17FN2O2/c23-18-13-11-16(12-14-18)15-20(22(27)24-19-9-5-2-6-10-19)25-21(26)17-7-3-1-4-8-17/h1-15H,(H,24,27)(H,25,26)/b20-15+. The minimum Gasteiger partial charge on any atom is -0.321 e. The first kappa shape index (κ1) is 18.1. The van der Waals surface area contributed by atoms with E-state index in [1.165, 1.54) is 30.3 Å². The van der Waals surface area contributed by atoms with E-state index >= 15 is 0 Å². The van der Waals surface area contributed by atoms with Crippen LogP contribution in [0.1, 0.15) is 15.9 Å². The highest BCUT2D eigenvalue weighted by Crippen LogP contribution is 2.12. The van der Waals surface area contributed by atoms with Crippen LogP contribution in [0.3, 0.4) is 0 Å². The molecule has 0 aromatic heterocycles. The van der Waals surface area contributed by atoms with Gasteiger partial charge in [-0.2, -0.15) is 0 Å². The molecule has 0 aliphatic rings. The number of hydrogen-bond acceptors (Lipinski definition) is 2. The summed E-state index contributed by atoms with van der Waals surface area (Å²) in [7, 11) is 0. The van der Waals surface area contributed by atoms with Crippen molar-refractivity contribution in [3.63, 3.8) is 0 Å². The Bertz CT molecular complexity index is 953. The normalized spacial score (nSPS) is 10.9. The monoisotopic (exact) mass is 360 g/mol. The van der Waals surface area contributed by atoms with Crippen molar-refractivity contribution in [3.8, 4) is 0 Å². The number of hydrogen-bond donors (Lipinski definition) is 2. The molecule has 0 radical (unpaired) electrons. The Hall–Kier alpha value is -3.73. The van der Waals surface area contributed by atoms with Crippen molar-refractivity contribution in [2.45, 2.75) is 0 Å². The van der Waals surface area contributed by atoms with Gasteiger partial charge >= 0.3 is 0 Å². The molecule has 3 rings (SSSR count). The lowest BCUT2D eigenvalue weighted by Gasteiger charge is -2.11. The van der Waals surface area contributed by atoms with Gasteiger partial charge in [0, 0.05) is 11.3 Å².